The van der Waals surface area contributed by atoms with Crippen molar-refractivity contribution >= 4 is 17.2 Å². The van der Waals surface area contributed by atoms with Crippen molar-refractivity contribution in [1.29, 1.82) is 0 Å². The standard InChI is InChI=1S/C15H19ClN4O/c1-10-6-19(7-11(2)17-10)9-13-5-15(21)20-8-12(16)3-4-14(20)18-13/h3-5,8,10-11,17H,6-7,9H2,1-2H3. The number of rotatable bonds is 2. The zero-order valence-corrected chi connectivity index (χ0v) is 13.0. The van der Waals surface area contributed by atoms with Gasteiger partial charge < -0.3 is 5.32 Å². The Morgan fingerprint density at radius 2 is 2.05 bits per heavy atom. The Kier molecular flexibility index (Phi) is 3.97. The summed E-state index contributed by atoms with van der Waals surface area (Å²) in [5.41, 5.74) is 1.36. The van der Waals surface area contributed by atoms with Crippen LogP contribution >= 0.6 is 11.6 Å². The molecule has 2 aromatic heterocycles. The van der Waals surface area contributed by atoms with Crippen LogP contribution < -0.4 is 10.9 Å². The van der Waals surface area contributed by atoms with E-state index in [4.69, 9.17) is 11.6 Å². The molecule has 3 heterocycles. The van der Waals surface area contributed by atoms with Crippen molar-refractivity contribution in [2.45, 2.75) is 32.5 Å². The maximum Gasteiger partial charge on any atom is 0.258 e. The summed E-state index contributed by atoms with van der Waals surface area (Å²) in [5, 5.41) is 4.03. The van der Waals surface area contributed by atoms with Gasteiger partial charge in [0.2, 0.25) is 0 Å². The third-order valence-electron chi connectivity index (χ3n) is 3.70. The van der Waals surface area contributed by atoms with Gasteiger partial charge in [0.15, 0.2) is 0 Å². The molecule has 1 fully saturated rings. The number of pyridine rings is 1. The van der Waals surface area contributed by atoms with Crippen molar-refractivity contribution in [3.8, 4) is 0 Å². The number of fused-ring (bicyclic) bond motifs is 1. The van der Waals surface area contributed by atoms with Crippen LogP contribution in [0.3, 0.4) is 0 Å². The van der Waals surface area contributed by atoms with Crippen LogP contribution in [0.2, 0.25) is 5.02 Å². The molecule has 3 rings (SSSR count). The number of nitrogens with zero attached hydrogens (tertiary/aromatic N) is 3. The lowest BCUT2D eigenvalue weighted by Crippen LogP contribution is -2.53. The van der Waals surface area contributed by atoms with Crippen LogP contribution in [0.5, 0.6) is 0 Å². The maximum absolute atomic E-state index is 12.2. The molecule has 1 saturated heterocycles. The third-order valence-corrected chi connectivity index (χ3v) is 3.92. The monoisotopic (exact) mass is 306 g/mol. The van der Waals surface area contributed by atoms with Crippen molar-refractivity contribution < 1.29 is 0 Å². The fraction of sp³-hybridized carbons (Fsp3) is 0.467. The van der Waals surface area contributed by atoms with Crippen LogP contribution in [0.25, 0.3) is 5.65 Å². The smallest absolute Gasteiger partial charge is 0.258 e. The Morgan fingerprint density at radius 3 is 2.76 bits per heavy atom. The molecule has 1 aliphatic rings. The van der Waals surface area contributed by atoms with Gasteiger partial charge in [0.1, 0.15) is 5.65 Å². The second kappa shape index (κ2) is 5.75. The van der Waals surface area contributed by atoms with E-state index in [2.05, 4.69) is 29.0 Å². The Morgan fingerprint density at radius 1 is 1.33 bits per heavy atom. The molecule has 2 atom stereocenters. The average molecular weight is 307 g/mol. The lowest BCUT2D eigenvalue weighted by Gasteiger charge is -2.35. The van der Waals surface area contributed by atoms with Gasteiger partial charge >= 0.3 is 0 Å². The summed E-state index contributed by atoms with van der Waals surface area (Å²) in [6, 6.07) is 6.03. The lowest BCUT2D eigenvalue weighted by molar-refractivity contribution is 0.165. The molecule has 0 amide bonds. The van der Waals surface area contributed by atoms with Crippen LogP contribution in [0.15, 0.2) is 29.2 Å². The molecule has 0 spiro atoms. The highest BCUT2D eigenvalue weighted by Crippen LogP contribution is 2.11. The summed E-state index contributed by atoms with van der Waals surface area (Å²) in [5.74, 6) is 0. The van der Waals surface area contributed by atoms with E-state index >= 15 is 0 Å². The van der Waals surface area contributed by atoms with Gasteiger partial charge in [-0.05, 0) is 26.0 Å². The largest absolute Gasteiger partial charge is 0.309 e. The highest BCUT2D eigenvalue weighted by atomic mass is 35.5. The number of piperazine rings is 1. The summed E-state index contributed by atoms with van der Waals surface area (Å²) >= 11 is 5.92. The Hall–Kier alpha value is -1.43. The first kappa shape index (κ1) is 14.5. The molecular weight excluding hydrogens is 288 g/mol. The zero-order chi connectivity index (χ0) is 15.0. The number of hydrogen-bond donors (Lipinski definition) is 1. The Labute approximate surface area is 128 Å². The summed E-state index contributed by atoms with van der Waals surface area (Å²) < 4.78 is 1.48. The summed E-state index contributed by atoms with van der Waals surface area (Å²) in [7, 11) is 0. The fourth-order valence-electron chi connectivity index (χ4n) is 3.01. The number of halogens is 1. The van der Waals surface area contributed by atoms with Gasteiger partial charge in [-0.25, -0.2) is 4.98 Å². The van der Waals surface area contributed by atoms with E-state index in [1.165, 1.54) is 4.40 Å². The maximum atomic E-state index is 12.2. The second-order valence-electron chi connectivity index (χ2n) is 5.82. The molecule has 0 bridgehead atoms. The van der Waals surface area contributed by atoms with E-state index in [0.717, 1.165) is 18.8 Å². The van der Waals surface area contributed by atoms with Gasteiger partial charge in [-0.3, -0.25) is 14.1 Å². The van der Waals surface area contributed by atoms with E-state index in [1.54, 1.807) is 24.4 Å². The normalized spacial score (nSPS) is 23.6. The van der Waals surface area contributed by atoms with Gasteiger partial charge in [-0.2, -0.15) is 0 Å². The first-order valence-electron chi connectivity index (χ1n) is 7.17. The molecule has 0 saturated carbocycles. The fourth-order valence-corrected chi connectivity index (χ4v) is 3.17. The van der Waals surface area contributed by atoms with Gasteiger partial charge in [0.25, 0.3) is 5.56 Å². The Balaban J connectivity index is 1.87. The van der Waals surface area contributed by atoms with Crippen molar-refractivity contribution in [1.82, 2.24) is 19.6 Å². The molecule has 0 radical (unpaired) electrons. The van der Waals surface area contributed by atoms with Gasteiger partial charge in [0.05, 0.1) is 10.7 Å². The molecule has 0 aromatic carbocycles. The minimum absolute atomic E-state index is 0.0891. The van der Waals surface area contributed by atoms with Crippen LogP contribution in [0.4, 0.5) is 0 Å². The van der Waals surface area contributed by atoms with E-state index in [0.29, 0.717) is 29.3 Å². The second-order valence-corrected chi connectivity index (χ2v) is 6.26. The predicted molar refractivity (Wildman–Crippen MR) is 83.8 cm³/mol. The SMILES string of the molecule is CC1CN(Cc2cc(=O)n3cc(Cl)ccc3n2)CC(C)N1. The molecule has 21 heavy (non-hydrogen) atoms. The highest BCUT2D eigenvalue weighted by Gasteiger charge is 2.21. The van der Waals surface area contributed by atoms with Crippen LogP contribution in [-0.4, -0.2) is 39.5 Å². The molecule has 1 N–H and O–H groups in total. The molecule has 1 aliphatic heterocycles. The molecule has 2 aromatic rings. The third kappa shape index (κ3) is 3.26. The summed E-state index contributed by atoms with van der Waals surface area (Å²) in [6.45, 7) is 6.98. The zero-order valence-electron chi connectivity index (χ0n) is 12.2. The summed E-state index contributed by atoms with van der Waals surface area (Å²) in [4.78, 5) is 19.1. The van der Waals surface area contributed by atoms with E-state index < -0.39 is 0 Å². The lowest BCUT2D eigenvalue weighted by atomic mass is 10.1. The van der Waals surface area contributed by atoms with Gasteiger partial charge in [0, 0.05) is 44.0 Å². The van der Waals surface area contributed by atoms with Crippen molar-refractivity contribution in [2.24, 2.45) is 0 Å². The molecule has 112 valence electrons. The number of nitrogens with one attached hydrogen (secondary N) is 1. The quantitative estimate of drug-likeness (QED) is 0.914. The van der Waals surface area contributed by atoms with Crippen molar-refractivity contribution in [3.05, 3.63) is 45.5 Å². The van der Waals surface area contributed by atoms with E-state index in [-0.39, 0.29) is 5.56 Å². The van der Waals surface area contributed by atoms with Crippen molar-refractivity contribution in [3.63, 3.8) is 0 Å². The molecule has 6 heteroatoms. The minimum atomic E-state index is -0.0891. The van der Waals surface area contributed by atoms with Crippen LogP contribution in [0.1, 0.15) is 19.5 Å². The molecule has 5 nitrogen and oxygen atoms in total. The number of hydrogen-bond acceptors (Lipinski definition) is 4. The van der Waals surface area contributed by atoms with Crippen LogP contribution in [0, 0.1) is 0 Å². The van der Waals surface area contributed by atoms with Gasteiger partial charge in [-0.15, -0.1) is 0 Å². The Bertz CT molecular complexity index is 704. The van der Waals surface area contributed by atoms with E-state index in [1.807, 2.05) is 0 Å². The highest BCUT2D eigenvalue weighted by molar-refractivity contribution is 6.30. The molecule has 0 aliphatic carbocycles. The van der Waals surface area contributed by atoms with Crippen molar-refractivity contribution in [2.75, 3.05) is 13.1 Å². The van der Waals surface area contributed by atoms with Crippen LogP contribution in [-0.2, 0) is 6.54 Å². The average Bonchev–Trinajstić information content (AvgIpc) is 2.38. The van der Waals surface area contributed by atoms with Gasteiger partial charge in [-0.1, -0.05) is 11.6 Å². The molecule has 2 unspecified atom stereocenters. The first-order valence-corrected chi connectivity index (χ1v) is 7.55. The molecular formula is C15H19ClN4O. The first-order chi connectivity index (χ1) is 10.0. The minimum Gasteiger partial charge on any atom is -0.309 e. The predicted octanol–water partition coefficient (Wildman–Crippen LogP) is 1.53. The number of aromatic nitrogens is 2. The summed E-state index contributed by atoms with van der Waals surface area (Å²) in [6.07, 6.45) is 1.60. The van der Waals surface area contributed by atoms with E-state index in [9.17, 15) is 4.79 Å². The topological polar surface area (TPSA) is 49.6 Å².